The molecule has 0 atom stereocenters. The van der Waals surface area contributed by atoms with Crippen LogP contribution in [0.15, 0.2) is 72.4 Å². The Bertz CT molecular complexity index is 1040. The number of hydrogen-bond acceptors (Lipinski definition) is 5. The van der Waals surface area contributed by atoms with Crippen LogP contribution in [-0.2, 0) is 23.2 Å². The van der Waals surface area contributed by atoms with E-state index in [0.29, 0.717) is 18.3 Å². The van der Waals surface area contributed by atoms with Gasteiger partial charge in [-0.3, -0.25) is 4.79 Å². The number of carbonyl (C=O) groups is 1. The first kappa shape index (κ1) is 24.6. The largest absolute Gasteiger partial charge is 0.494 e. The van der Waals surface area contributed by atoms with E-state index in [4.69, 9.17) is 4.74 Å². The number of anilines is 1. The highest BCUT2D eigenvalue weighted by atomic mass is 32.2. The number of nitrogens with zero attached hydrogens (tertiary/aromatic N) is 3. The number of thioether (sulfide) groups is 1. The monoisotopic (exact) mass is 464 g/mol. The highest BCUT2D eigenvalue weighted by molar-refractivity contribution is 7.99. The van der Waals surface area contributed by atoms with Gasteiger partial charge in [-0.25, -0.2) is 0 Å². The maximum atomic E-state index is 12.3. The second kappa shape index (κ2) is 11.7. The first-order chi connectivity index (χ1) is 15.9. The average molecular weight is 465 g/mol. The molecule has 0 radical (unpaired) electrons. The zero-order valence-corrected chi connectivity index (χ0v) is 20.4. The molecule has 0 aliphatic rings. The van der Waals surface area contributed by atoms with E-state index < -0.39 is 0 Å². The van der Waals surface area contributed by atoms with Gasteiger partial charge in [0.1, 0.15) is 11.6 Å². The molecule has 0 spiro atoms. The highest BCUT2D eigenvalue weighted by Crippen LogP contribution is 2.24. The first-order valence-corrected chi connectivity index (χ1v) is 12.1. The lowest BCUT2D eigenvalue weighted by Crippen LogP contribution is -2.14. The minimum absolute atomic E-state index is 0.0771. The molecule has 0 fully saturated rings. The minimum Gasteiger partial charge on any atom is -0.494 e. The van der Waals surface area contributed by atoms with E-state index in [0.717, 1.165) is 30.1 Å². The maximum absolute atomic E-state index is 12.3. The summed E-state index contributed by atoms with van der Waals surface area (Å²) in [4.78, 5) is 12.3. The summed E-state index contributed by atoms with van der Waals surface area (Å²) in [6.45, 7) is 11.6. The molecule has 0 aliphatic heterocycles. The van der Waals surface area contributed by atoms with Gasteiger partial charge >= 0.3 is 0 Å². The van der Waals surface area contributed by atoms with Crippen molar-refractivity contribution in [2.75, 3.05) is 17.7 Å². The van der Waals surface area contributed by atoms with Crippen molar-refractivity contribution in [3.8, 4) is 5.75 Å². The predicted molar refractivity (Wildman–Crippen MR) is 135 cm³/mol. The zero-order valence-electron chi connectivity index (χ0n) is 19.6. The lowest BCUT2D eigenvalue weighted by atomic mass is 9.87. The van der Waals surface area contributed by atoms with Crippen LogP contribution < -0.4 is 10.1 Å². The molecule has 1 aromatic heterocycles. The Hall–Kier alpha value is -3.06. The van der Waals surface area contributed by atoms with Crippen molar-refractivity contribution in [2.24, 2.45) is 0 Å². The smallest absolute Gasteiger partial charge is 0.234 e. The van der Waals surface area contributed by atoms with Crippen molar-refractivity contribution in [3.63, 3.8) is 0 Å². The van der Waals surface area contributed by atoms with Crippen LogP contribution in [0.5, 0.6) is 5.75 Å². The molecular formula is C26H32N4O2S. The van der Waals surface area contributed by atoms with E-state index in [1.165, 1.54) is 17.3 Å². The van der Waals surface area contributed by atoms with Gasteiger partial charge in [0.05, 0.1) is 12.4 Å². The van der Waals surface area contributed by atoms with Gasteiger partial charge in [0.15, 0.2) is 5.16 Å². The fourth-order valence-electron chi connectivity index (χ4n) is 3.24. The first-order valence-electron chi connectivity index (χ1n) is 11.1. The molecule has 0 saturated heterocycles. The molecule has 7 heteroatoms. The number of benzene rings is 2. The Kier molecular flexibility index (Phi) is 8.72. The van der Waals surface area contributed by atoms with Crippen LogP contribution in [0.3, 0.4) is 0 Å². The number of nitrogens with one attached hydrogen (secondary N) is 1. The topological polar surface area (TPSA) is 69.0 Å². The molecule has 1 amide bonds. The van der Waals surface area contributed by atoms with Crippen LogP contribution >= 0.6 is 11.8 Å². The third kappa shape index (κ3) is 7.49. The molecule has 1 N–H and O–H groups in total. The third-order valence-corrected chi connectivity index (χ3v) is 6.00. The molecule has 3 rings (SSSR count). The van der Waals surface area contributed by atoms with Crippen LogP contribution in [0.25, 0.3) is 0 Å². The van der Waals surface area contributed by atoms with Crippen molar-refractivity contribution in [2.45, 2.75) is 50.7 Å². The second-order valence-electron chi connectivity index (χ2n) is 8.73. The van der Waals surface area contributed by atoms with E-state index in [1.807, 2.05) is 53.1 Å². The van der Waals surface area contributed by atoms with Gasteiger partial charge in [-0.2, -0.15) is 0 Å². The quantitative estimate of drug-likeness (QED) is 0.230. The van der Waals surface area contributed by atoms with Gasteiger partial charge < -0.3 is 14.6 Å². The summed E-state index contributed by atoms with van der Waals surface area (Å²) >= 11 is 1.37. The summed E-state index contributed by atoms with van der Waals surface area (Å²) in [5, 5.41) is 12.2. The van der Waals surface area contributed by atoms with Gasteiger partial charge in [0.2, 0.25) is 5.91 Å². The number of allylic oxidation sites excluding steroid dienone is 1. The Morgan fingerprint density at radius 2 is 1.85 bits per heavy atom. The lowest BCUT2D eigenvalue weighted by Gasteiger charge is -2.19. The number of hydrogen-bond donors (Lipinski definition) is 1. The molecule has 2 aromatic carbocycles. The molecule has 0 aliphatic carbocycles. The lowest BCUT2D eigenvalue weighted by molar-refractivity contribution is -0.113. The molecule has 0 unspecified atom stereocenters. The maximum Gasteiger partial charge on any atom is 0.234 e. The Morgan fingerprint density at radius 1 is 1.12 bits per heavy atom. The van der Waals surface area contributed by atoms with Crippen molar-refractivity contribution >= 4 is 23.4 Å². The van der Waals surface area contributed by atoms with Crippen LogP contribution in [0, 0.1) is 0 Å². The fourth-order valence-corrected chi connectivity index (χ4v) is 4.01. The number of amides is 1. The second-order valence-corrected chi connectivity index (χ2v) is 9.67. The minimum atomic E-state index is -0.0771. The van der Waals surface area contributed by atoms with Crippen molar-refractivity contribution in [1.29, 1.82) is 0 Å². The third-order valence-electron chi connectivity index (χ3n) is 5.03. The fraction of sp³-hybridized carbons (Fsp3) is 0.346. The zero-order chi connectivity index (χ0) is 23.7. The summed E-state index contributed by atoms with van der Waals surface area (Å²) in [5.74, 6) is 1.92. The molecular weight excluding hydrogens is 432 g/mol. The molecule has 0 saturated carbocycles. The van der Waals surface area contributed by atoms with Crippen LogP contribution in [-0.4, -0.2) is 33.0 Å². The van der Waals surface area contributed by atoms with Crippen LogP contribution in [0.4, 0.5) is 5.69 Å². The normalized spacial score (nSPS) is 11.2. The number of ether oxygens (including phenoxy) is 1. The summed E-state index contributed by atoms with van der Waals surface area (Å²) in [6.07, 6.45) is 3.36. The molecule has 174 valence electrons. The van der Waals surface area contributed by atoms with Crippen molar-refractivity contribution < 1.29 is 9.53 Å². The van der Waals surface area contributed by atoms with Crippen molar-refractivity contribution in [3.05, 3.63) is 78.6 Å². The van der Waals surface area contributed by atoms with E-state index in [-0.39, 0.29) is 17.1 Å². The Balaban J connectivity index is 1.49. The number of rotatable bonds is 11. The SMILES string of the molecule is C=CCn1c(CCCOc2ccc(C(C)(C)C)cc2)nnc1SCC(=O)Nc1ccccc1. The molecule has 6 nitrogen and oxygen atoms in total. The molecule has 3 aromatic rings. The summed E-state index contributed by atoms with van der Waals surface area (Å²) < 4.78 is 7.91. The number of carbonyl (C=O) groups excluding carboxylic acids is 1. The van der Waals surface area contributed by atoms with Crippen molar-refractivity contribution in [1.82, 2.24) is 14.8 Å². The number of aryl methyl sites for hydroxylation is 1. The summed E-state index contributed by atoms with van der Waals surface area (Å²) in [5.41, 5.74) is 2.20. The molecule has 33 heavy (non-hydrogen) atoms. The van der Waals surface area contributed by atoms with E-state index >= 15 is 0 Å². The highest BCUT2D eigenvalue weighted by Gasteiger charge is 2.15. The van der Waals surface area contributed by atoms with Gasteiger partial charge in [-0.1, -0.05) is 68.9 Å². The van der Waals surface area contributed by atoms with Crippen LogP contribution in [0.2, 0.25) is 0 Å². The average Bonchev–Trinajstić information content (AvgIpc) is 3.17. The van der Waals surface area contributed by atoms with Crippen LogP contribution in [0.1, 0.15) is 38.6 Å². The number of aromatic nitrogens is 3. The van der Waals surface area contributed by atoms with E-state index in [2.05, 4.69) is 55.0 Å². The van der Waals surface area contributed by atoms with Gasteiger partial charge in [-0.05, 0) is 41.7 Å². The van der Waals surface area contributed by atoms with E-state index in [1.54, 1.807) is 0 Å². The molecule has 0 bridgehead atoms. The Labute approximate surface area is 200 Å². The van der Waals surface area contributed by atoms with Gasteiger partial charge in [-0.15, -0.1) is 16.8 Å². The summed E-state index contributed by atoms with van der Waals surface area (Å²) in [6, 6.07) is 17.7. The van der Waals surface area contributed by atoms with Gasteiger partial charge in [0, 0.05) is 18.7 Å². The number of para-hydroxylation sites is 1. The van der Waals surface area contributed by atoms with Gasteiger partial charge in [0.25, 0.3) is 0 Å². The Morgan fingerprint density at radius 3 is 2.52 bits per heavy atom. The summed E-state index contributed by atoms with van der Waals surface area (Å²) in [7, 11) is 0. The predicted octanol–water partition coefficient (Wildman–Crippen LogP) is 5.50. The standard InChI is InChI=1S/C26H32N4O2S/c1-5-17-30-23(12-9-18-32-22-15-13-20(14-16-22)26(2,3)4)28-29-25(30)33-19-24(31)27-21-10-7-6-8-11-21/h5-8,10-11,13-16H,1,9,12,17-19H2,2-4H3,(H,27,31). The molecule has 1 heterocycles. The van der Waals surface area contributed by atoms with E-state index in [9.17, 15) is 4.79 Å².